The highest BCUT2D eigenvalue weighted by Crippen LogP contribution is 2.27. The SMILES string of the molecule is Fc1cccc(-c2ccc3nc(C4CCCN(Cc5ccccn5)C4)nn3c2)c1.O=C(O)C(F)(F)F.O=C(O)C(F)(F)F. The first kappa shape index (κ1) is 32.9. The van der Waals surface area contributed by atoms with Gasteiger partial charge < -0.3 is 10.2 Å². The van der Waals surface area contributed by atoms with Gasteiger partial charge >= 0.3 is 24.3 Å². The summed E-state index contributed by atoms with van der Waals surface area (Å²) in [5.41, 5.74) is 3.68. The second kappa shape index (κ2) is 14.0. The summed E-state index contributed by atoms with van der Waals surface area (Å²) in [6.07, 6.45) is -4.18. The van der Waals surface area contributed by atoms with Crippen LogP contribution in [-0.2, 0) is 16.1 Å². The smallest absolute Gasteiger partial charge is 0.475 e. The lowest BCUT2D eigenvalue weighted by atomic mass is 9.97. The first-order valence-electron chi connectivity index (χ1n) is 12.5. The fraction of sp³-hybridized carbons (Fsp3) is 0.296. The van der Waals surface area contributed by atoms with Gasteiger partial charge in [-0.05, 0) is 61.3 Å². The lowest BCUT2D eigenvalue weighted by Gasteiger charge is -2.31. The minimum Gasteiger partial charge on any atom is -0.475 e. The van der Waals surface area contributed by atoms with Gasteiger partial charge in [-0.15, -0.1) is 0 Å². The highest BCUT2D eigenvalue weighted by atomic mass is 19.4. The van der Waals surface area contributed by atoms with Crippen LogP contribution in [-0.4, -0.2) is 72.1 Å². The molecule has 16 heteroatoms. The first-order valence-corrected chi connectivity index (χ1v) is 12.5. The van der Waals surface area contributed by atoms with Crippen molar-refractivity contribution in [2.75, 3.05) is 13.1 Å². The molecule has 0 radical (unpaired) electrons. The van der Waals surface area contributed by atoms with Crippen LogP contribution in [0.5, 0.6) is 0 Å². The van der Waals surface area contributed by atoms with Crippen molar-refractivity contribution < 1.29 is 50.5 Å². The predicted octanol–water partition coefficient (Wildman–Crippen LogP) is 5.58. The molecule has 1 atom stereocenters. The van der Waals surface area contributed by atoms with E-state index in [1.54, 1.807) is 6.07 Å². The molecule has 5 rings (SSSR count). The molecular formula is C27H24F7N5O4. The summed E-state index contributed by atoms with van der Waals surface area (Å²) in [5, 5.41) is 19.0. The molecule has 230 valence electrons. The van der Waals surface area contributed by atoms with Crippen LogP contribution < -0.4 is 0 Å². The zero-order valence-corrected chi connectivity index (χ0v) is 22.1. The number of halogens is 7. The monoisotopic (exact) mass is 615 g/mol. The lowest BCUT2D eigenvalue weighted by Crippen LogP contribution is -2.34. The number of rotatable bonds is 4. The number of pyridine rings is 2. The molecule has 0 bridgehead atoms. The Bertz CT molecular complexity index is 1500. The van der Waals surface area contributed by atoms with E-state index in [0.29, 0.717) is 5.92 Å². The molecule has 2 N–H and O–H groups in total. The Morgan fingerprint density at radius 2 is 1.58 bits per heavy atom. The van der Waals surface area contributed by atoms with E-state index in [-0.39, 0.29) is 5.82 Å². The Kier molecular flexibility index (Phi) is 10.7. The van der Waals surface area contributed by atoms with Gasteiger partial charge in [-0.3, -0.25) is 9.88 Å². The number of hydrogen-bond donors (Lipinski definition) is 2. The lowest BCUT2D eigenvalue weighted by molar-refractivity contribution is -0.193. The van der Waals surface area contributed by atoms with Gasteiger partial charge in [0, 0.05) is 37.0 Å². The van der Waals surface area contributed by atoms with Crippen molar-refractivity contribution in [2.24, 2.45) is 0 Å². The van der Waals surface area contributed by atoms with E-state index >= 15 is 0 Å². The molecule has 4 aromatic rings. The number of fused-ring (bicyclic) bond motifs is 1. The second-order valence-electron chi connectivity index (χ2n) is 9.20. The van der Waals surface area contributed by atoms with Crippen LogP contribution in [0.3, 0.4) is 0 Å². The Hall–Kier alpha value is -4.60. The number of carboxylic acids is 2. The number of carboxylic acid groups (broad SMARTS) is 2. The van der Waals surface area contributed by atoms with Crippen LogP contribution in [0.15, 0.2) is 67.0 Å². The highest BCUT2D eigenvalue weighted by Gasteiger charge is 2.38. The number of nitrogens with zero attached hydrogens (tertiary/aromatic N) is 5. The molecule has 0 amide bonds. The molecule has 1 unspecified atom stereocenters. The Balaban J connectivity index is 0.000000303. The Morgan fingerprint density at radius 3 is 2.16 bits per heavy atom. The van der Waals surface area contributed by atoms with Crippen LogP contribution in [0, 0.1) is 5.82 Å². The molecule has 1 aliphatic heterocycles. The molecular weight excluding hydrogens is 591 g/mol. The third kappa shape index (κ3) is 10.0. The van der Waals surface area contributed by atoms with Crippen molar-refractivity contribution in [1.82, 2.24) is 24.5 Å². The van der Waals surface area contributed by atoms with Gasteiger partial charge in [0.15, 0.2) is 11.5 Å². The maximum absolute atomic E-state index is 13.6. The third-order valence-corrected chi connectivity index (χ3v) is 5.97. The van der Waals surface area contributed by atoms with Gasteiger partial charge in [0.05, 0.1) is 5.69 Å². The Morgan fingerprint density at radius 1 is 0.907 bits per heavy atom. The van der Waals surface area contributed by atoms with Crippen molar-refractivity contribution in [3.63, 3.8) is 0 Å². The van der Waals surface area contributed by atoms with Crippen molar-refractivity contribution in [3.8, 4) is 11.1 Å². The molecule has 0 saturated carbocycles. The third-order valence-electron chi connectivity index (χ3n) is 5.97. The first-order chi connectivity index (χ1) is 20.1. The summed E-state index contributed by atoms with van der Waals surface area (Å²) < 4.78 is 78.8. The average molecular weight is 616 g/mol. The quantitative estimate of drug-likeness (QED) is 0.286. The van der Waals surface area contributed by atoms with E-state index in [0.717, 1.165) is 60.8 Å². The zero-order valence-electron chi connectivity index (χ0n) is 22.1. The number of aromatic nitrogens is 4. The summed E-state index contributed by atoms with van der Waals surface area (Å²) in [7, 11) is 0. The number of hydrogen-bond acceptors (Lipinski definition) is 6. The van der Waals surface area contributed by atoms with Gasteiger partial charge in [0.2, 0.25) is 0 Å². The van der Waals surface area contributed by atoms with E-state index in [1.165, 1.54) is 12.1 Å². The topological polar surface area (TPSA) is 121 Å². The van der Waals surface area contributed by atoms with Crippen molar-refractivity contribution >= 4 is 17.6 Å². The molecule has 1 aliphatic rings. The van der Waals surface area contributed by atoms with Crippen LogP contribution in [0.1, 0.15) is 30.3 Å². The molecule has 1 fully saturated rings. The largest absolute Gasteiger partial charge is 0.490 e. The molecule has 9 nitrogen and oxygen atoms in total. The predicted molar refractivity (Wildman–Crippen MR) is 137 cm³/mol. The normalized spacial score (nSPS) is 15.6. The van der Waals surface area contributed by atoms with Gasteiger partial charge in [0.25, 0.3) is 0 Å². The number of carbonyl (C=O) groups is 2. The second-order valence-corrected chi connectivity index (χ2v) is 9.20. The van der Waals surface area contributed by atoms with Crippen LogP contribution in [0.25, 0.3) is 16.8 Å². The number of likely N-dealkylation sites (tertiary alicyclic amines) is 1. The van der Waals surface area contributed by atoms with E-state index in [4.69, 9.17) is 29.9 Å². The minimum absolute atomic E-state index is 0.239. The molecule has 3 aromatic heterocycles. The fourth-order valence-corrected chi connectivity index (χ4v) is 4.04. The number of alkyl halides is 6. The van der Waals surface area contributed by atoms with Crippen molar-refractivity contribution in [1.29, 1.82) is 0 Å². The van der Waals surface area contributed by atoms with E-state index in [2.05, 4.69) is 16.0 Å². The van der Waals surface area contributed by atoms with Crippen molar-refractivity contribution in [2.45, 2.75) is 37.7 Å². The van der Waals surface area contributed by atoms with E-state index in [1.807, 2.05) is 47.2 Å². The summed E-state index contributed by atoms with van der Waals surface area (Å²) in [5.74, 6) is -4.56. The molecule has 1 aromatic carbocycles. The van der Waals surface area contributed by atoms with Crippen LogP contribution in [0.2, 0.25) is 0 Å². The average Bonchev–Trinajstić information content (AvgIpc) is 3.37. The van der Waals surface area contributed by atoms with Crippen LogP contribution >= 0.6 is 0 Å². The molecule has 1 saturated heterocycles. The maximum Gasteiger partial charge on any atom is 0.490 e. The van der Waals surface area contributed by atoms with Gasteiger partial charge in [-0.1, -0.05) is 18.2 Å². The number of aliphatic carboxylic acids is 2. The summed E-state index contributed by atoms with van der Waals surface area (Å²) in [6, 6.07) is 16.6. The van der Waals surface area contributed by atoms with Crippen molar-refractivity contribution in [3.05, 3.63) is 84.3 Å². The molecule has 43 heavy (non-hydrogen) atoms. The molecule has 4 heterocycles. The van der Waals surface area contributed by atoms with Gasteiger partial charge in [-0.2, -0.15) is 31.4 Å². The van der Waals surface area contributed by atoms with Gasteiger partial charge in [-0.25, -0.2) is 23.5 Å². The van der Waals surface area contributed by atoms with E-state index < -0.39 is 24.3 Å². The molecule has 0 aliphatic carbocycles. The number of benzene rings is 1. The fourth-order valence-electron chi connectivity index (χ4n) is 4.04. The van der Waals surface area contributed by atoms with E-state index in [9.17, 15) is 30.7 Å². The Labute approximate surface area is 239 Å². The highest BCUT2D eigenvalue weighted by molar-refractivity contribution is 5.73. The maximum atomic E-state index is 13.6. The summed E-state index contributed by atoms with van der Waals surface area (Å²) in [6.45, 7) is 2.86. The minimum atomic E-state index is -5.08. The number of piperidine rings is 1. The van der Waals surface area contributed by atoms with Gasteiger partial charge in [0.1, 0.15) is 5.82 Å². The zero-order chi connectivity index (χ0) is 31.8. The standard InChI is InChI=1S/C23H22FN5.2C2HF3O2/c24-20-7-3-5-17(13-20)18-9-10-22-26-23(27-29(22)15-18)19-6-4-12-28(14-19)16-21-8-1-2-11-25-21;2*3-2(4,5)1(6)7/h1-3,5,7-11,13,15,19H,4,6,12,14,16H2;2*(H,6,7). The summed E-state index contributed by atoms with van der Waals surface area (Å²) >= 11 is 0. The summed E-state index contributed by atoms with van der Waals surface area (Å²) in [4.78, 5) is 29.4. The van der Waals surface area contributed by atoms with Crippen LogP contribution in [0.4, 0.5) is 30.7 Å². The molecule has 0 spiro atoms.